The van der Waals surface area contributed by atoms with Gasteiger partial charge in [-0.2, -0.15) is 0 Å². The number of hydrogen-bond acceptors (Lipinski definition) is 4. The summed E-state index contributed by atoms with van der Waals surface area (Å²) in [6.45, 7) is 1.47. The number of carbonyl (C=O) groups excluding carboxylic acids is 1. The van der Waals surface area contributed by atoms with Crippen molar-refractivity contribution in [3.63, 3.8) is 0 Å². The molecule has 0 unspecified atom stereocenters. The molecule has 0 radical (unpaired) electrons. The SMILES string of the molecule is COc1ccc(-c2csc(NC(C)=O)n2)cc1. The fraction of sp³-hybridized carbons (Fsp3) is 0.167. The standard InChI is InChI=1S/C12H12N2O2S/c1-8(15)13-12-14-11(7-17-12)9-3-5-10(16-2)6-4-9/h3-7H,1-2H3,(H,13,14,15). The number of anilines is 1. The Kier molecular flexibility index (Phi) is 3.39. The molecule has 0 saturated heterocycles. The third kappa shape index (κ3) is 2.82. The van der Waals surface area contributed by atoms with E-state index in [-0.39, 0.29) is 5.91 Å². The molecule has 1 N–H and O–H groups in total. The lowest BCUT2D eigenvalue weighted by atomic mass is 10.2. The Hall–Kier alpha value is -1.88. The molecular weight excluding hydrogens is 236 g/mol. The van der Waals surface area contributed by atoms with Crippen molar-refractivity contribution in [3.8, 4) is 17.0 Å². The fourth-order valence-electron chi connectivity index (χ4n) is 1.38. The van der Waals surface area contributed by atoms with Gasteiger partial charge in [0.2, 0.25) is 5.91 Å². The Morgan fingerprint density at radius 2 is 2.06 bits per heavy atom. The Morgan fingerprint density at radius 1 is 1.35 bits per heavy atom. The summed E-state index contributed by atoms with van der Waals surface area (Å²) in [7, 11) is 1.63. The van der Waals surface area contributed by atoms with Crippen LogP contribution in [0.5, 0.6) is 5.75 Å². The molecule has 4 nitrogen and oxygen atoms in total. The summed E-state index contributed by atoms with van der Waals surface area (Å²) in [6, 6.07) is 7.64. The van der Waals surface area contributed by atoms with Crippen molar-refractivity contribution < 1.29 is 9.53 Å². The van der Waals surface area contributed by atoms with Gasteiger partial charge < -0.3 is 10.1 Å². The summed E-state index contributed by atoms with van der Waals surface area (Å²) in [5, 5.41) is 5.19. The molecule has 2 rings (SSSR count). The van der Waals surface area contributed by atoms with Gasteiger partial charge in [-0.15, -0.1) is 11.3 Å². The van der Waals surface area contributed by atoms with Gasteiger partial charge in [0.05, 0.1) is 12.8 Å². The van der Waals surface area contributed by atoms with Gasteiger partial charge in [-0.05, 0) is 24.3 Å². The summed E-state index contributed by atoms with van der Waals surface area (Å²) in [6.07, 6.45) is 0. The maximum absolute atomic E-state index is 10.9. The zero-order valence-corrected chi connectivity index (χ0v) is 10.4. The van der Waals surface area contributed by atoms with E-state index in [0.29, 0.717) is 5.13 Å². The molecule has 88 valence electrons. The van der Waals surface area contributed by atoms with E-state index < -0.39 is 0 Å². The number of nitrogens with one attached hydrogen (secondary N) is 1. The Morgan fingerprint density at radius 3 is 2.65 bits per heavy atom. The predicted octanol–water partition coefficient (Wildman–Crippen LogP) is 2.78. The first-order valence-electron chi connectivity index (χ1n) is 5.06. The number of nitrogens with zero attached hydrogens (tertiary/aromatic N) is 1. The van der Waals surface area contributed by atoms with E-state index in [1.807, 2.05) is 29.6 Å². The lowest BCUT2D eigenvalue weighted by molar-refractivity contribution is -0.114. The number of methoxy groups -OCH3 is 1. The van der Waals surface area contributed by atoms with Crippen molar-refractivity contribution in [1.82, 2.24) is 4.98 Å². The molecule has 1 amide bonds. The number of aromatic nitrogens is 1. The maximum Gasteiger partial charge on any atom is 0.223 e. The van der Waals surface area contributed by atoms with Gasteiger partial charge in [-0.1, -0.05) is 0 Å². The zero-order valence-electron chi connectivity index (χ0n) is 9.56. The van der Waals surface area contributed by atoms with E-state index >= 15 is 0 Å². The summed E-state index contributed by atoms with van der Waals surface area (Å²) in [5.74, 6) is 0.701. The molecule has 2 aromatic rings. The smallest absolute Gasteiger partial charge is 0.223 e. The fourth-order valence-corrected chi connectivity index (χ4v) is 2.14. The summed E-state index contributed by atoms with van der Waals surface area (Å²) >= 11 is 1.41. The zero-order chi connectivity index (χ0) is 12.3. The average molecular weight is 248 g/mol. The average Bonchev–Trinajstić information content (AvgIpc) is 2.77. The number of benzene rings is 1. The van der Waals surface area contributed by atoms with Crippen molar-refractivity contribution in [2.75, 3.05) is 12.4 Å². The van der Waals surface area contributed by atoms with Crippen LogP contribution in [-0.4, -0.2) is 18.0 Å². The highest BCUT2D eigenvalue weighted by molar-refractivity contribution is 7.14. The largest absolute Gasteiger partial charge is 0.497 e. The van der Waals surface area contributed by atoms with Crippen molar-refractivity contribution in [3.05, 3.63) is 29.6 Å². The van der Waals surface area contributed by atoms with Gasteiger partial charge >= 0.3 is 0 Å². The number of ether oxygens (including phenoxy) is 1. The molecule has 5 heteroatoms. The summed E-state index contributed by atoms with van der Waals surface area (Å²) in [5.41, 5.74) is 1.85. The molecule has 0 saturated carbocycles. The number of thiazole rings is 1. The third-order valence-electron chi connectivity index (χ3n) is 2.17. The molecule has 0 bridgehead atoms. The second kappa shape index (κ2) is 4.97. The van der Waals surface area contributed by atoms with Crippen molar-refractivity contribution in [2.24, 2.45) is 0 Å². The molecule has 0 aliphatic carbocycles. The van der Waals surface area contributed by atoms with Gasteiger partial charge in [0.15, 0.2) is 5.13 Å². The first kappa shape index (κ1) is 11.6. The van der Waals surface area contributed by atoms with Crippen molar-refractivity contribution in [2.45, 2.75) is 6.92 Å². The molecule has 0 atom stereocenters. The van der Waals surface area contributed by atoms with Crippen LogP contribution in [0.4, 0.5) is 5.13 Å². The minimum Gasteiger partial charge on any atom is -0.497 e. The predicted molar refractivity (Wildman–Crippen MR) is 68.4 cm³/mol. The Bertz CT molecular complexity index is 520. The lowest BCUT2D eigenvalue weighted by Gasteiger charge is -2.00. The molecule has 0 fully saturated rings. The minimum atomic E-state index is -0.111. The van der Waals surface area contributed by atoms with E-state index in [2.05, 4.69) is 10.3 Å². The Balaban J connectivity index is 2.21. The van der Waals surface area contributed by atoms with E-state index in [4.69, 9.17) is 4.74 Å². The second-order valence-electron chi connectivity index (χ2n) is 3.45. The molecule has 0 spiro atoms. The minimum absolute atomic E-state index is 0.111. The molecule has 1 aromatic carbocycles. The molecular formula is C12H12N2O2S. The molecule has 1 aromatic heterocycles. The van der Waals surface area contributed by atoms with Crippen LogP contribution in [0.15, 0.2) is 29.6 Å². The van der Waals surface area contributed by atoms with Crippen LogP contribution in [0.25, 0.3) is 11.3 Å². The van der Waals surface area contributed by atoms with Gasteiger partial charge in [0.1, 0.15) is 5.75 Å². The topological polar surface area (TPSA) is 51.2 Å². The quantitative estimate of drug-likeness (QED) is 0.908. The van der Waals surface area contributed by atoms with E-state index in [0.717, 1.165) is 17.0 Å². The molecule has 17 heavy (non-hydrogen) atoms. The molecule has 1 heterocycles. The van der Waals surface area contributed by atoms with Gasteiger partial charge in [-0.25, -0.2) is 4.98 Å². The molecule has 0 aliphatic heterocycles. The van der Waals surface area contributed by atoms with Crippen LogP contribution >= 0.6 is 11.3 Å². The maximum atomic E-state index is 10.9. The van der Waals surface area contributed by atoms with Gasteiger partial charge in [0, 0.05) is 17.9 Å². The number of rotatable bonds is 3. The lowest BCUT2D eigenvalue weighted by Crippen LogP contribution is -2.04. The second-order valence-corrected chi connectivity index (χ2v) is 4.31. The Labute approximate surface area is 103 Å². The van der Waals surface area contributed by atoms with Crippen LogP contribution in [-0.2, 0) is 4.79 Å². The van der Waals surface area contributed by atoms with Crippen LogP contribution in [0.1, 0.15) is 6.92 Å². The highest BCUT2D eigenvalue weighted by Crippen LogP contribution is 2.26. The molecule has 0 aliphatic rings. The monoisotopic (exact) mass is 248 g/mol. The van der Waals surface area contributed by atoms with Gasteiger partial charge in [-0.3, -0.25) is 4.79 Å². The summed E-state index contributed by atoms with van der Waals surface area (Å²) < 4.78 is 5.09. The van der Waals surface area contributed by atoms with Crippen LogP contribution in [0.3, 0.4) is 0 Å². The third-order valence-corrected chi connectivity index (χ3v) is 2.93. The van der Waals surface area contributed by atoms with E-state index in [9.17, 15) is 4.79 Å². The highest BCUT2D eigenvalue weighted by Gasteiger charge is 2.05. The normalized spacial score (nSPS) is 10.0. The van der Waals surface area contributed by atoms with E-state index in [1.54, 1.807) is 7.11 Å². The highest BCUT2D eigenvalue weighted by atomic mass is 32.1. The number of hydrogen-bond donors (Lipinski definition) is 1. The van der Waals surface area contributed by atoms with Crippen LogP contribution in [0.2, 0.25) is 0 Å². The van der Waals surface area contributed by atoms with Crippen molar-refractivity contribution in [1.29, 1.82) is 0 Å². The van der Waals surface area contributed by atoms with E-state index in [1.165, 1.54) is 18.3 Å². The van der Waals surface area contributed by atoms with Gasteiger partial charge in [0.25, 0.3) is 0 Å². The van der Waals surface area contributed by atoms with Crippen molar-refractivity contribution >= 4 is 22.4 Å². The number of amides is 1. The number of carbonyl (C=O) groups is 1. The van der Waals surface area contributed by atoms with Crippen LogP contribution < -0.4 is 10.1 Å². The van der Waals surface area contributed by atoms with Crippen LogP contribution in [0, 0.1) is 0 Å². The first-order chi connectivity index (χ1) is 8.19. The first-order valence-corrected chi connectivity index (χ1v) is 5.94. The summed E-state index contributed by atoms with van der Waals surface area (Å²) in [4.78, 5) is 15.2.